The van der Waals surface area contributed by atoms with Gasteiger partial charge in [0.25, 0.3) is 0 Å². The van der Waals surface area contributed by atoms with Gasteiger partial charge in [0.05, 0.1) is 25.3 Å². The normalized spacial score (nSPS) is 22.1. The van der Waals surface area contributed by atoms with Crippen molar-refractivity contribution in [3.05, 3.63) is 35.9 Å². The van der Waals surface area contributed by atoms with E-state index in [0.717, 1.165) is 5.56 Å². The monoisotopic (exact) mass is 289 g/mol. The van der Waals surface area contributed by atoms with Crippen LogP contribution in [0.25, 0.3) is 0 Å². The van der Waals surface area contributed by atoms with Gasteiger partial charge in [0.15, 0.2) is 5.78 Å². The number of amides is 1. The van der Waals surface area contributed by atoms with Gasteiger partial charge in [-0.25, -0.2) is 0 Å². The van der Waals surface area contributed by atoms with Crippen LogP contribution in [0.2, 0.25) is 0 Å². The van der Waals surface area contributed by atoms with Gasteiger partial charge in [0.1, 0.15) is 0 Å². The summed E-state index contributed by atoms with van der Waals surface area (Å²) >= 11 is 0. The van der Waals surface area contributed by atoms with Gasteiger partial charge in [-0.1, -0.05) is 30.3 Å². The van der Waals surface area contributed by atoms with E-state index < -0.39 is 0 Å². The Morgan fingerprint density at radius 3 is 2.33 bits per heavy atom. The fourth-order valence-electron chi connectivity index (χ4n) is 2.79. The Kier molecular flexibility index (Phi) is 5.51. The van der Waals surface area contributed by atoms with E-state index in [9.17, 15) is 9.59 Å². The number of rotatable bonds is 5. The number of morpholine rings is 1. The van der Waals surface area contributed by atoms with E-state index in [1.807, 2.05) is 49.1 Å². The minimum absolute atomic E-state index is 0.103. The molecule has 2 unspecified atom stereocenters. The summed E-state index contributed by atoms with van der Waals surface area (Å²) in [5.41, 5.74) is 0.720. The second-order valence-corrected chi connectivity index (χ2v) is 5.68. The quantitative estimate of drug-likeness (QED) is 0.783. The fraction of sp³-hybridized carbons (Fsp3) is 0.529. The summed E-state index contributed by atoms with van der Waals surface area (Å²) in [4.78, 5) is 26.2. The summed E-state index contributed by atoms with van der Waals surface area (Å²) in [5, 5.41) is 0. The Labute approximate surface area is 126 Å². The van der Waals surface area contributed by atoms with E-state index in [1.165, 1.54) is 0 Å². The summed E-state index contributed by atoms with van der Waals surface area (Å²) in [6.45, 7) is 5.20. The maximum atomic E-state index is 12.3. The summed E-state index contributed by atoms with van der Waals surface area (Å²) in [7, 11) is 0. The summed E-state index contributed by atoms with van der Waals surface area (Å²) < 4.78 is 5.43. The standard InChI is InChI=1S/C17H23NO3/c1-13-11-21-12-14(2)18(13)17(20)10-6-9-16(19)15-7-4-3-5-8-15/h3-5,7-8,13-14H,6,9-12H2,1-2H3. The summed E-state index contributed by atoms with van der Waals surface area (Å²) in [5.74, 6) is 0.227. The third-order valence-corrected chi connectivity index (χ3v) is 3.85. The Morgan fingerprint density at radius 1 is 1.10 bits per heavy atom. The van der Waals surface area contributed by atoms with Crippen LogP contribution in [0.4, 0.5) is 0 Å². The molecular weight excluding hydrogens is 266 g/mol. The molecule has 1 aromatic rings. The third kappa shape index (κ3) is 4.14. The van der Waals surface area contributed by atoms with E-state index in [2.05, 4.69) is 0 Å². The molecule has 2 rings (SSSR count). The number of ketones is 1. The zero-order chi connectivity index (χ0) is 15.2. The van der Waals surface area contributed by atoms with Gasteiger partial charge in [-0.2, -0.15) is 0 Å². The van der Waals surface area contributed by atoms with Crippen LogP contribution in [-0.4, -0.2) is 41.9 Å². The number of benzene rings is 1. The number of carbonyl (C=O) groups excluding carboxylic acids is 2. The lowest BCUT2D eigenvalue weighted by molar-refractivity contribution is -0.144. The highest BCUT2D eigenvalue weighted by atomic mass is 16.5. The highest BCUT2D eigenvalue weighted by molar-refractivity contribution is 5.96. The smallest absolute Gasteiger partial charge is 0.223 e. The van der Waals surface area contributed by atoms with Gasteiger partial charge >= 0.3 is 0 Å². The van der Waals surface area contributed by atoms with E-state index in [0.29, 0.717) is 32.5 Å². The molecule has 0 aliphatic carbocycles. The van der Waals surface area contributed by atoms with Crippen molar-refractivity contribution in [1.82, 2.24) is 4.90 Å². The van der Waals surface area contributed by atoms with Crippen LogP contribution < -0.4 is 0 Å². The minimum Gasteiger partial charge on any atom is -0.377 e. The predicted molar refractivity (Wildman–Crippen MR) is 81.2 cm³/mol. The van der Waals surface area contributed by atoms with Crippen LogP contribution in [0.15, 0.2) is 30.3 Å². The van der Waals surface area contributed by atoms with Crippen molar-refractivity contribution in [2.45, 2.75) is 45.2 Å². The molecular formula is C17H23NO3. The largest absolute Gasteiger partial charge is 0.377 e. The minimum atomic E-state index is 0.103. The number of ether oxygens (including phenoxy) is 1. The zero-order valence-electron chi connectivity index (χ0n) is 12.7. The van der Waals surface area contributed by atoms with Crippen molar-refractivity contribution in [2.24, 2.45) is 0 Å². The molecule has 1 fully saturated rings. The topological polar surface area (TPSA) is 46.6 Å². The molecule has 0 radical (unpaired) electrons. The number of hydrogen-bond donors (Lipinski definition) is 0. The van der Waals surface area contributed by atoms with Crippen LogP contribution in [0.1, 0.15) is 43.5 Å². The van der Waals surface area contributed by atoms with Crippen molar-refractivity contribution in [2.75, 3.05) is 13.2 Å². The fourth-order valence-corrected chi connectivity index (χ4v) is 2.79. The van der Waals surface area contributed by atoms with Gasteiger partial charge in [-0.15, -0.1) is 0 Å². The first-order chi connectivity index (χ1) is 10.1. The van der Waals surface area contributed by atoms with E-state index in [-0.39, 0.29) is 23.8 Å². The highest BCUT2D eigenvalue weighted by Gasteiger charge is 2.29. The number of carbonyl (C=O) groups is 2. The lowest BCUT2D eigenvalue weighted by Gasteiger charge is -2.38. The molecule has 0 spiro atoms. The van der Waals surface area contributed by atoms with Crippen LogP contribution in [0.5, 0.6) is 0 Å². The highest BCUT2D eigenvalue weighted by Crippen LogP contribution is 2.16. The van der Waals surface area contributed by atoms with Crippen molar-refractivity contribution < 1.29 is 14.3 Å². The molecule has 114 valence electrons. The SMILES string of the molecule is CC1COCC(C)N1C(=O)CCCC(=O)c1ccccc1. The Balaban J connectivity index is 1.80. The van der Waals surface area contributed by atoms with Gasteiger partial charge in [-0.3, -0.25) is 9.59 Å². The molecule has 1 amide bonds. The predicted octanol–water partition coefficient (Wildman–Crippen LogP) is 2.68. The molecule has 1 aliphatic heterocycles. The summed E-state index contributed by atoms with van der Waals surface area (Å²) in [6.07, 6.45) is 1.44. The lowest BCUT2D eigenvalue weighted by atomic mass is 10.0. The first kappa shape index (κ1) is 15.7. The van der Waals surface area contributed by atoms with Crippen LogP contribution >= 0.6 is 0 Å². The molecule has 4 nitrogen and oxygen atoms in total. The summed E-state index contributed by atoms with van der Waals surface area (Å²) in [6, 6.07) is 9.47. The van der Waals surface area contributed by atoms with E-state index in [1.54, 1.807) is 0 Å². The van der Waals surface area contributed by atoms with Gasteiger partial charge in [-0.05, 0) is 20.3 Å². The molecule has 2 atom stereocenters. The number of Topliss-reactive ketones (excluding diaryl/α,β-unsaturated/α-hetero) is 1. The van der Waals surface area contributed by atoms with Gasteiger partial charge in [0.2, 0.25) is 5.91 Å². The molecule has 4 heteroatoms. The second kappa shape index (κ2) is 7.36. The average molecular weight is 289 g/mol. The Morgan fingerprint density at radius 2 is 1.71 bits per heavy atom. The van der Waals surface area contributed by atoms with Gasteiger partial charge in [0, 0.05) is 18.4 Å². The maximum absolute atomic E-state index is 12.3. The van der Waals surface area contributed by atoms with Crippen molar-refractivity contribution in [1.29, 1.82) is 0 Å². The lowest BCUT2D eigenvalue weighted by Crippen LogP contribution is -2.52. The van der Waals surface area contributed by atoms with Crippen LogP contribution in [-0.2, 0) is 9.53 Å². The maximum Gasteiger partial charge on any atom is 0.223 e. The molecule has 1 heterocycles. The van der Waals surface area contributed by atoms with Crippen molar-refractivity contribution in [3.8, 4) is 0 Å². The zero-order valence-corrected chi connectivity index (χ0v) is 12.7. The molecule has 0 bridgehead atoms. The molecule has 1 aliphatic rings. The average Bonchev–Trinajstić information content (AvgIpc) is 2.48. The third-order valence-electron chi connectivity index (χ3n) is 3.85. The first-order valence-corrected chi connectivity index (χ1v) is 7.56. The molecule has 0 N–H and O–H groups in total. The number of nitrogens with zero attached hydrogens (tertiary/aromatic N) is 1. The van der Waals surface area contributed by atoms with Crippen molar-refractivity contribution in [3.63, 3.8) is 0 Å². The molecule has 1 aromatic carbocycles. The van der Waals surface area contributed by atoms with Gasteiger partial charge < -0.3 is 9.64 Å². The molecule has 0 aromatic heterocycles. The van der Waals surface area contributed by atoms with E-state index >= 15 is 0 Å². The molecule has 0 saturated carbocycles. The van der Waals surface area contributed by atoms with E-state index in [4.69, 9.17) is 4.74 Å². The Bertz CT molecular complexity index is 476. The van der Waals surface area contributed by atoms with Crippen molar-refractivity contribution >= 4 is 11.7 Å². The Hall–Kier alpha value is -1.68. The molecule has 1 saturated heterocycles. The number of hydrogen-bond acceptors (Lipinski definition) is 3. The molecule has 21 heavy (non-hydrogen) atoms. The van der Waals surface area contributed by atoms with Crippen LogP contribution in [0.3, 0.4) is 0 Å². The first-order valence-electron chi connectivity index (χ1n) is 7.56. The second-order valence-electron chi connectivity index (χ2n) is 5.68. The van der Waals surface area contributed by atoms with Crippen LogP contribution in [0, 0.1) is 0 Å².